The van der Waals surface area contributed by atoms with Gasteiger partial charge in [0.1, 0.15) is 11.6 Å². The standard InChI is InChI=1S/C22H33F2N5OS/c1-12(28-14(3)31)8-15(11-26)13(2)22(30)29-16-4-5-17-18(9-16)19(23)10-20(21(17)24)27-7-6-25/h10,13,15-16,27,31H,3-9,11,25-26H2,1-2H3,(H,29,30)/t13-,15?,16-/m0/s1. The van der Waals surface area contributed by atoms with Gasteiger partial charge in [-0.05, 0) is 56.2 Å². The molecule has 2 rings (SSSR count). The van der Waals surface area contributed by atoms with E-state index in [0.717, 1.165) is 5.71 Å². The van der Waals surface area contributed by atoms with Crippen LogP contribution in [-0.2, 0) is 17.6 Å². The summed E-state index contributed by atoms with van der Waals surface area (Å²) >= 11 is 4.07. The predicted octanol–water partition coefficient (Wildman–Crippen LogP) is 2.77. The molecule has 6 N–H and O–H groups in total. The summed E-state index contributed by atoms with van der Waals surface area (Å²) in [5.41, 5.74) is 13.0. The zero-order valence-electron chi connectivity index (χ0n) is 18.2. The molecule has 1 aliphatic rings. The summed E-state index contributed by atoms with van der Waals surface area (Å²) in [5.74, 6) is -1.51. The molecule has 9 heteroatoms. The second-order valence-electron chi connectivity index (χ2n) is 8.09. The molecule has 0 spiro atoms. The van der Waals surface area contributed by atoms with Crippen molar-refractivity contribution in [3.63, 3.8) is 0 Å². The van der Waals surface area contributed by atoms with Crippen LogP contribution in [0.5, 0.6) is 0 Å². The predicted molar refractivity (Wildman–Crippen MR) is 125 cm³/mol. The van der Waals surface area contributed by atoms with Gasteiger partial charge in [-0.2, -0.15) is 0 Å². The molecule has 1 aromatic rings. The third-order valence-corrected chi connectivity index (χ3v) is 5.83. The maximum Gasteiger partial charge on any atom is 0.223 e. The van der Waals surface area contributed by atoms with E-state index in [1.165, 1.54) is 6.07 Å². The summed E-state index contributed by atoms with van der Waals surface area (Å²) in [6.07, 6.45) is 1.69. The minimum absolute atomic E-state index is 0.0994. The number of halogens is 2. The van der Waals surface area contributed by atoms with Crippen LogP contribution in [0.25, 0.3) is 0 Å². The van der Waals surface area contributed by atoms with Crippen molar-refractivity contribution in [3.05, 3.63) is 40.4 Å². The van der Waals surface area contributed by atoms with Crippen LogP contribution in [0.4, 0.5) is 14.5 Å². The quantitative estimate of drug-likeness (QED) is 0.277. The largest absolute Gasteiger partial charge is 0.381 e. The van der Waals surface area contributed by atoms with Crippen molar-refractivity contribution in [2.45, 2.75) is 45.6 Å². The second-order valence-corrected chi connectivity index (χ2v) is 8.61. The van der Waals surface area contributed by atoms with Gasteiger partial charge in [0, 0.05) is 36.8 Å². The molecule has 0 heterocycles. The van der Waals surface area contributed by atoms with Gasteiger partial charge in [0.25, 0.3) is 0 Å². The number of rotatable bonds is 10. The Morgan fingerprint density at radius 1 is 1.39 bits per heavy atom. The molecular formula is C22H33F2N5OS. The number of hydrogen-bond donors (Lipinski definition) is 5. The first-order valence-electron chi connectivity index (χ1n) is 10.5. The molecule has 0 aliphatic heterocycles. The monoisotopic (exact) mass is 453 g/mol. The average Bonchev–Trinajstić information content (AvgIpc) is 2.72. The molecule has 1 unspecified atom stereocenters. The fourth-order valence-corrected chi connectivity index (χ4v) is 4.15. The van der Waals surface area contributed by atoms with Crippen LogP contribution < -0.4 is 22.1 Å². The highest BCUT2D eigenvalue weighted by atomic mass is 32.1. The van der Waals surface area contributed by atoms with Crippen LogP contribution in [0.3, 0.4) is 0 Å². The number of nitrogens with zero attached hydrogens (tertiary/aromatic N) is 1. The molecule has 6 nitrogen and oxygen atoms in total. The second kappa shape index (κ2) is 11.6. The summed E-state index contributed by atoms with van der Waals surface area (Å²) in [4.78, 5) is 17.0. The summed E-state index contributed by atoms with van der Waals surface area (Å²) in [6, 6.07) is 0.906. The lowest BCUT2D eigenvalue weighted by molar-refractivity contribution is -0.126. The van der Waals surface area contributed by atoms with Crippen LogP contribution in [0.1, 0.15) is 37.8 Å². The van der Waals surface area contributed by atoms with E-state index < -0.39 is 11.6 Å². The van der Waals surface area contributed by atoms with Crippen LogP contribution in [0.2, 0.25) is 0 Å². The van der Waals surface area contributed by atoms with Crippen molar-refractivity contribution in [1.29, 1.82) is 0 Å². The van der Waals surface area contributed by atoms with Gasteiger partial charge in [0.15, 0.2) is 0 Å². The first-order valence-corrected chi connectivity index (χ1v) is 11.0. The molecule has 0 aromatic heterocycles. The fraction of sp³-hybridized carbons (Fsp3) is 0.545. The molecule has 0 saturated heterocycles. The highest BCUT2D eigenvalue weighted by Gasteiger charge is 2.30. The molecule has 0 radical (unpaired) electrons. The Morgan fingerprint density at radius 2 is 2.10 bits per heavy atom. The number of nitrogens with one attached hydrogen (secondary N) is 2. The van der Waals surface area contributed by atoms with Gasteiger partial charge in [-0.15, -0.1) is 12.6 Å². The Hall–Kier alpha value is -1.97. The van der Waals surface area contributed by atoms with E-state index in [2.05, 4.69) is 34.8 Å². The number of carbonyl (C=O) groups excluding carboxylic acids is 1. The minimum atomic E-state index is -0.471. The summed E-state index contributed by atoms with van der Waals surface area (Å²) in [7, 11) is 0. The first kappa shape index (κ1) is 25.3. The number of hydrogen-bond acceptors (Lipinski definition) is 6. The van der Waals surface area contributed by atoms with Crippen LogP contribution >= 0.6 is 12.6 Å². The van der Waals surface area contributed by atoms with E-state index in [4.69, 9.17) is 11.5 Å². The van der Waals surface area contributed by atoms with Gasteiger partial charge in [-0.3, -0.25) is 9.79 Å². The van der Waals surface area contributed by atoms with Gasteiger partial charge in [-0.1, -0.05) is 13.5 Å². The third-order valence-electron chi connectivity index (χ3n) is 5.73. The van der Waals surface area contributed by atoms with Gasteiger partial charge in [0.2, 0.25) is 5.91 Å². The zero-order valence-corrected chi connectivity index (χ0v) is 19.1. The van der Waals surface area contributed by atoms with Crippen molar-refractivity contribution >= 4 is 29.9 Å². The first-order chi connectivity index (χ1) is 14.7. The topological polar surface area (TPSA) is 106 Å². The summed E-state index contributed by atoms with van der Waals surface area (Å²) in [6.45, 7) is 8.32. The molecule has 1 aromatic carbocycles. The number of benzene rings is 1. The molecule has 1 aliphatic carbocycles. The molecule has 0 saturated carbocycles. The van der Waals surface area contributed by atoms with Crippen molar-refractivity contribution in [1.82, 2.24) is 5.32 Å². The van der Waals surface area contributed by atoms with Crippen LogP contribution in [-0.4, -0.2) is 37.3 Å². The average molecular weight is 454 g/mol. The van der Waals surface area contributed by atoms with Crippen molar-refractivity contribution in [2.75, 3.05) is 25.0 Å². The maximum atomic E-state index is 14.7. The molecule has 0 fully saturated rings. The molecule has 3 atom stereocenters. The zero-order chi connectivity index (χ0) is 23.1. The van der Waals surface area contributed by atoms with E-state index in [-0.39, 0.29) is 35.9 Å². The summed E-state index contributed by atoms with van der Waals surface area (Å²) < 4.78 is 29.4. The molecule has 172 valence electrons. The van der Waals surface area contributed by atoms with E-state index in [0.29, 0.717) is 55.1 Å². The number of aliphatic imine (C=N–C) groups is 1. The number of nitrogens with two attached hydrogens (primary N) is 2. The van der Waals surface area contributed by atoms with Gasteiger partial charge >= 0.3 is 0 Å². The molecular weight excluding hydrogens is 420 g/mol. The minimum Gasteiger partial charge on any atom is -0.381 e. The Bertz CT molecular complexity index is 846. The van der Waals surface area contributed by atoms with Crippen LogP contribution in [0, 0.1) is 23.5 Å². The Balaban J connectivity index is 2.06. The number of anilines is 1. The Kier molecular flexibility index (Phi) is 9.46. The van der Waals surface area contributed by atoms with E-state index in [9.17, 15) is 13.6 Å². The number of fused-ring (bicyclic) bond motifs is 1. The molecule has 0 bridgehead atoms. The third kappa shape index (κ3) is 6.75. The van der Waals surface area contributed by atoms with Gasteiger partial charge in [0.05, 0.1) is 10.7 Å². The van der Waals surface area contributed by atoms with Gasteiger partial charge in [-0.25, -0.2) is 8.78 Å². The highest BCUT2D eigenvalue weighted by Crippen LogP contribution is 2.31. The van der Waals surface area contributed by atoms with Crippen LogP contribution in [0.15, 0.2) is 22.7 Å². The lowest BCUT2D eigenvalue weighted by Crippen LogP contribution is -2.44. The number of thiol groups is 1. The molecule has 1 amide bonds. The van der Waals surface area contributed by atoms with E-state index in [1.54, 1.807) is 0 Å². The highest BCUT2D eigenvalue weighted by molar-refractivity contribution is 7.84. The van der Waals surface area contributed by atoms with E-state index >= 15 is 0 Å². The fourth-order valence-electron chi connectivity index (χ4n) is 3.98. The number of amides is 1. The number of carbonyl (C=O) groups is 1. The molecule has 31 heavy (non-hydrogen) atoms. The van der Waals surface area contributed by atoms with Crippen molar-refractivity contribution in [3.8, 4) is 0 Å². The Morgan fingerprint density at radius 3 is 2.71 bits per heavy atom. The Labute approximate surface area is 188 Å². The lowest BCUT2D eigenvalue weighted by Gasteiger charge is -2.29. The SMILES string of the molecule is C=C(S)N=C(C)CC(CN)[C@H](C)C(=O)N[C@H]1CCc2c(F)c(NCCN)cc(F)c2C1. The normalized spacial score (nSPS) is 18.2. The smallest absolute Gasteiger partial charge is 0.223 e. The lowest BCUT2D eigenvalue weighted by atomic mass is 9.85. The maximum absolute atomic E-state index is 14.7. The van der Waals surface area contributed by atoms with Gasteiger partial charge < -0.3 is 22.1 Å². The van der Waals surface area contributed by atoms with Crippen molar-refractivity contribution < 1.29 is 13.6 Å². The van der Waals surface area contributed by atoms with E-state index in [1.807, 2.05) is 13.8 Å². The van der Waals surface area contributed by atoms with Crippen molar-refractivity contribution in [2.24, 2.45) is 28.3 Å². The summed E-state index contributed by atoms with van der Waals surface area (Å²) in [5, 5.41) is 6.22.